The van der Waals surface area contributed by atoms with E-state index in [1.54, 1.807) is 12.1 Å². The van der Waals surface area contributed by atoms with Crippen molar-refractivity contribution < 1.29 is 33.3 Å². The summed E-state index contributed by atoms with van der Waals surface area (Å²) in [6, 6.07) is 21.3. The van der Waals surface area contributed by atoms with Crippen LogP contribution in [0.3, 0.4) is 0 Å². The van der Waals surface area contributed by atoms with Crippen LogP contribution in [0.1, 0.15) is 41.6 Å². The molecule has 8 heteroatoms. The standard InChI is InChI=1S/C36H39NO7/c1-37(19-10-5-11-21-43-33(38)18-17-26-23-31(40-2)35(42-4)32(24-26)41-3)20-12-22-44-36(39)34-29-15-8-6-13-27(29)25-28-14-7-9-16-30(28)34/h6-9,13-16,23-25H,5,10-12,19-22H2,1-4H3. The Morgan fingerprint density at radius 2 is 1.30 bits per heavy atom. The van der Waals surface area contributed by atoms with Crippen molar-refractivity contribution in [2.75, 3.05) is 54.7 Å². The van der Waals surface area contributed by atoms with Gasteiger partial charge in [-0.1, -0.05) is 54.5 Å². The predicted molar refractivity (Wildman–Crippen MR) is 172 cm³/mol. The minimum absolute atomic E-state index is 0.289. The Balaban J connectivity index is 1.13. The molecule has 0 atom stereocenters. The van der Waals surface area contributed by atoms with E-state index in [1.807, 2.05) is 48.5 Å². The van der Waals surface area contributed by atoms with Crippen molar-refractivity contribution in [1.29, 1.82) is 0 Å². The first-order valence-electron chi connectivity index (χ1n) is 14.7. The van der Waals surface area contributed by atoms with Gasteiger partial charge in [-0.2, -0.15) is 0 Å². The summed E-state index contributed by atoms with van der Waals surface area (Å²) in [5, 5.41) is 3.86. The minimum atomic E-state index is -0.582. The topological polar surface area (TPSA) is 83.5 Å². The van der Waals surface area contributed by atoms with Gasteiger partial charge in [-0.15, -0.1) is 0 Å². The van der Waals surface area contributed by atoms with E-state index in [-0.39, 0.29) is 5.97 Å². The van der Waals surface area contributed by atoms with Crippen LogP contribution in [0.5, 0.6) is 17.2 Å². The van der Waals surface area contributed by atoms with Crippen LogP contribution in [0.2, 0.25) is 0 Å². The highest BCUT2D eigenvalue weighted by molar-refractivity contribution is 6.16. The zero-order chi connectivity index (χ0) is 31.3. The van der Waals surface area contributed by atoms with Gasteiger partial charge in [0.1, 0.15) is 0 Å². The van der Waals surface area contributed by atoms with Crippen LogP contribution in [0.25, 0.3) is 21.5 Å². The number of rotatable bonds is 14. The molecule has 230 valence electrons. The molecule has 0 unspecified atom stereocenters. The molecule has 8 nitrogen and oxygen atoms in total. The Hall–Kier alpha value is -4.74. The van der Waals surface area contributed by atoms with Crippen molar-refractivity contribution in [3.05, 3.63) is 77.9 Å². The molecule has 0 saturated carbocycles. The van der Waals surface area contributed by atoms with Gasteiger partial charge in [0.25, 0.3) is 0 Å². The molecule has 0 amide bonds. The van der Waals surface area contributed by atoms with Gasteiger partial charge in [0.2, 0.25) is 5.75 Å². The SMILES string of the molecule is COc1cc(C#CC(=O)OCCCCCN(C)CCCOC(=O)c2c3ccccc3cc3ccccc23)cc(OC)c1OC. The summed E-state index contributed by atoms with van der Waals surface area (Å²) in [6.45, 7) is 2.38. The van der Waals surface area contributed by atoms with E-state index < -0.39 is 5.97 Å². The number of fused-ring (bicyclic) bond motifs is 2. The molecule has 0 aromatic heterocycles. The van der Waals surface area contributed by atoms with E-state index in [9.17, 15) is 9.59 Å². The molecule has 0 bridgehead atoms. The number of benzene rings is 4. The first-order chi connectivity index (χ1) is 21.4. The predicted octanol–water partition coefficient (Wildman–Crippen LogP) is 6.26. The van der Waals surface area contributed by atoms with Crippen LogP contribution in [0.4, 0.5) is 0 Å². The van der Waals surface area contributed by atoms with E-state index in [0.29, 0.717) is 41.6 Å². The number of hydrogen-bond acceptors (Lipinski definition) is 8. The maximum absolute atomic E-state index is 13.1. The maximum atomic E-state index is 13.1. The number of nitrogens with zero attached hydrogens (tertiary/aromatic N) is 1. The van der Waals surface area contributed by atoms with Gasteiger partial charge in [0, 0.05) is 18.0 Å². The third kappa shape index (κ3) is 8.42. The second-order valence-corrected chi connectivity index (χ2v) is 10.3. The van der Waals surface area contributed by atoms with Crippen molar-refractivity contribution >= 4 is 33.5 Å². The molecule has 44 heavy (non-hydrogen) atoms. The molecule has 0 N–H and O–H groups in total. The van der Waals surface area contributed by atoms with Gasteiger partial charge in [0.05, 0.1) is 40.1 Å². The Kier molecular flexibility index (Phi) is 11.8. The molecular weight excluding hydrogens is 558 g/mol. The quantitative estimate of drug-likeness (QED) is 0.0729. The number of carbonyl (C=O) groups excluding carboxylic acids is 2. The zero-order valence-electron chi connectivity index (χ0n) is 25.8. The normalized spacial score (nSPS) is 10.8. The smallest absolute Gasteiger partial charge is 0.384 e. The number of unbranched alkanes of at least 4 members (excludes halogenated alkanes) is 2. The molecule has 0 heterocycles. The van der Waals surface area contributed by atoms with Gasteiger partial charge in [-0.25, -0.2) is 9.59 Å². The Labute approximate surface area is 258 Å². The molecule has 4 aromatic rings. The van der Waals surface area contributed by atoms with Crippen LogP contribution in [-0.4, -0.2) is 71.5 Å². The number of esters is 2. The van der Waals surface area contributed by atoms with Crippen molar-refractivity contribution in [3.8, 4) is 29.1 Å². The van der Waals surface area contributed by atoms with Crippen LogP contribution < -0.4 is 14.2 Å². The van der Waals surface area contributed by atoms with Crippen LogP contribution in [0.15, 0.2) is 66.7 Å². The highest BCUT2D eigenvalue weighted by atomic mass is 16.5. The van der Waals surface area contributed by atoms with E-state index in [0.717, 1.165) is 60.3 Å². The lowest BCUT2D eigenvalue weighted by Gasteiger charge is -2.16. The van der Waals surface area contributed by atoms with Gasteiger partial charge in [-0.3, -0.25) is 0 Å². The van der Waals surface area contributed by atoms with Crippen molar-refractivity contribution in [1.82, 2.24) is 4.90 Å². The lowest BCUT2D eigenvalue weighted by atomic mass is 9.97. The fourth-order valence-corrected chi connectivity index (χ4v) is 5.05. The number of ether oxygens (including phenoxy) is 5. The second-order valence-electron chi connectivity index (χ2n) is 10.3. The molecule has 0 fully saturated rings. The fourth-order valence-electron chi connectivity index (χ4n) is 5.05. The molecule has 0 aliphatic carbocycles. The van der Waals surface area contributed by atoms with Gasteiger partial charge < -0.3 is 28.6 Å². The molecule has 0 radical (unpaired) electrons. The van der Waals surface area contributed by atoms with Gasteiger partial charge >= 0.3 is 11.9 Å². The second kappa shape index (κ2) is 16.2. The highest BCUT2D eigenvalue weighted by Gasteiger charge is 2.16. The molecule has 4 aromatic carbocycles. The molecule has 0 spiro atoms. The summed E-state index contributed by atoms with van der Waals surface area (Å²) in [5.74, 6) is 5.81. The minimum Gasteiger partial charge on any atom is -0.493 e. The highest BCUT2D eigenvalue weighted by Crippen LogP contribution is 2.38. The summed E-state index contributed by atoms with van der Waals surface area (Å²) in [5.41, 5.74) is 1.18. The van der Waals surface area contributed by atoms with Gasteiger partial charge in [0.15, 0.2) is 11.5 Å². The van der Waals surface area contributed by atoms with E-state index >= 15 is 0 Å². The van der Waals surface area contributed by atoms with E-state index in [2.05, 4.69) is 29.9 Å². The number of carbonyl (C=O) groups is 2. The maximum Gasteiger partial charge on any atom is 0.384 e. The summed E-state index contributed by atoms with van der Waals surface area (Å²) < 4.78 is 26.9. The first kappa shape index (κ1) is 32.2. The van der Waals surface area contributed by atoms with E-state index in [1.165, 1.54) is 21.3 Å². The molecule has 0 aliphatic heterocycles. The number of hydrogen-bond donors (Lipinski definition) is 0. The fraction of sp³-hybridized carbons (Fsp3) is 0.333. The summed E-state index contributed by atoms with van der Waals surface area (Å²) in [7, 11) is 6.62. The third-order valence-corrected chi connectivity index (χ3v) is 7.28. The van der Waals surface area contributed by atoms with Crippen LogP contribution >= 0.6 is 0 Å². The van der Waals surface area contributed by atoms with Gasteiger partial charge in [-0.05, 0) is 79.0 Å². The van der Waals surface area contributed by atoms with Crippen LogP contribution in [0, 0.1) is 11.8 Å². The molecule has 0 aliphatic rings. The monoisotopic (exact) mass is 597 g/mol. The lowest BCUT2D eigenvalue weighted by molar-refractivity contribution is -0.136. The molecule has 4 rings (SSSR count). The van der Waals surface area contributed by atoms with Crippen molar-refractivity contribution in [2.45, 2.75) is 25.7 Å². The number of methoxy groups -OCH3 is 3. The largest absolute Gasteiger partial charge is 0.493 e. The summed E-state index contributed by atoms with van der Waals surface area (Å²) >= 11 is 0. The summed E-state index contributed by atoms with van der Waals surface area (Å²) in [6.07, 6.45) is 3.38. The van der Waals surface area contributed by atoms with E-state index in [4.69, 9.17) is 23.7 Å². The molecular formula is C36H39NO7. The van der Waals surface area contributed by atoms with Crippen molar-refractivity contribution in [3.63, 3.8) is 0 Å². The Morgan fingerprint density at radius 1 is 0.705 bits per heavy atom. The van der Waals surface area contributed by atoms with Crippen LogP contribution in [-0.2, 0) is 14.3 Å². The first-order valence-corrected chi connectivity index (χ1v) is 14.7. The Morgan fingerprint density at radius 3 is 1.91 bits per heavy atom. The van der Waals surface area contributed by atoms with Crippen molar-refractivity contribution in [2.24, 2.45) is 0 Å². The average molecular weight is 598 g/mol. The third-order valence-electron chi connectivity index (χ3n) is 7.28. The summed E-state index contributed by atoms with van der Waals surface area (Å²) in [4.78, 5) is 27.4. The zero-order valence-corrected chi connectivity index (χ0v) is 25.8. The molecule has 0 saturated heterocycles. The Bertz CT molecular complexity index is 1570. The lowest BCUT2D eigenvalue weighted by Crippen LogP contribution is -2.22. The average Bonchev–Trinajstić information content (AvgIpc) is 3.05.